The summed E-state index contributed by atoms with van der Waals surface area (Å²) in [4.78, 5) is 0.661. The first kappa shape index (κ1) is 11.8. The predicted octanol–water partition coefficient (Wildman–Crippen LogP) is 4.94. The topological polar surface area (TPSA) is 0 Å². The minimum Gasteiger partial charge on any atom is -0.0884 e. The van der Waals surface area contributed by atoms with Crippen molar-refractivity contribution >= 4 is 27.5 Å². The van der Waals surface area contributed by atoms with Crippen LogP contribution in [0, 0.1) is 29.6 Å². The van der Waals surface area contributed by atoms with Gasteiger partial charge in [0.15, 0.2) is 0 Å². The van der Waals surface area contributed by atoms with E-state index in [1.807, 2.05) is 6.07 Å². The van der Waals surface area contributed by atoms with Crippen LogP contribution in [-0.4, -0.2) is 4.83 Å². The first-order valence-electron chi connectivity index (χ1n) is 7.12. The SMILES string of the molecule is Clc1cccc(CC(Br)C2C3C4CCC(C4)C23)c1. The third-order valence-corrected chi connectivity index (χ3v) is 6.70. The molecule has 96 valence electrons. The average molecular weight is 326 g/mol. The molecule has 1 aromatic rings. The molecule has 5 unspecified atom stereocenters. The van der Waals surface area contributed by atoms with Crippen LogP contribution in [0.25, 0.3) is 0 Å². The zero-order chi connectivity index (χ0) is 12.3. The highest BCUT2D eigenvalue weighted by atomic mass is 79.9. The smallest absolute Gasteiger partial charge is 0.0408 e. The molecule has 3 aliphatic rings. The van der Waals surface area contributed by atoms with Crippen molar-refractivity contribution in [2.45, 2.75) is 30.5 Å². The fourth-order valence-corrected chi connectivity index (χ4v) is 6.19. The maximum atomic E-state index is 6.06. The normalized spacial score (nSPS) is 41.8. The van der Waals surface area contributed by atoms with Gasteiger partial charge < -0.3 is 0 Å². The summed E-state index contributed by atoms with van der Waals surface area (Å²) in [5, 5.41) is 0.864. The summed E-state index contributed by atoms with van der Waals surface area (Å²) in [6.45, 7) is 0. The van der Waals surface area contributed by atoms with Crippen LogP contribution in [0.4, 0.5) is 0 Å². The van der Waals surface area contributed by atoms with Gasteiger partial charge in [-0.05, 0) is 73.0 Å². The van der Waals surface area contributed by atoms with Gasteiger partial charge in [-0.1, -0.05) is 39.7 Å². The monoisotopic (exact) mass is 324 g/mol. The van der Waals surface area contributed by atoms with Crippen molar-refractivity contribution in [3.63, 3.8) is 0 Å². The van der Waals surface area contributed by atoms with Gasteiger partial charge in [-0.25, -0.2) is 0 Å². The zero-order valence-electron chi connectivity index (χ0n) is 10.4. The molecular formula is C16H18BrCl. The van der Waals surface area contributed by atoms with Gasteiger partial charge in [0.1, 0.15) is 0 Å². The van der Waals surface area contributed by atoms with Crippen molar-refractivity contribution in [2.24, 2.45) is 29.6 Å². The zero-order valence-corrected chi connectivity index (χ0v) is 12.7. The van der Waals surface area contributed by atoms with Crippen LogP contribution >= 0.6 is 27.5 Å². The lowest BCUT2D eigenvalue weighted by molar-refractivity contribution is 0.455. The molecule has 0 saturated heterocycles. The summed E-state index contributed by atoms with van der Waals surface area (Å²) >= 11 is 10.0. The molecule has 0 amide bonds. The minimum absolute atomic E-state index is 0.661. The van der Waals surface area contributed by atoms with Gasteiger partial charge >= 0.3 is 0 Å². The molecule has 0 nitrogen and oxygen atoms in total. The van der Waals surface area contributed by atoms with E-state index in [2.05, 4.69) is 34.1 Å². The fraction of sp³-hybridized carbons (Fsp3) is 0.625. The van der Waals surface area contributed by atoms with Crippen LogP contribution in [-0.2, 0) is 6.42 Å². The molecular weight excluding hydrogens is 308 g/mol. The lowest BCUT2D eigenvalue weighted by Gasteiger charge is -2.14. The lowest BCUT2D eigenvalue weighted by Crippen LogP contribution is -2.12. The average Bonchev–Trinajstić information content (AvgIpc) is 2.79. The second kappa shape index (κ2) is 4.24. The van der Waals surface area contributed by atoms with E-state index in [1.165, 1.54) is 18.4 Å². The molecule has 18 heavy (non-hydrogen) atoms. The highest BCUT2D eigenvalue weighted by Crippen LogP contribution is 2.71. The van der Waals surface area contributed by atoms with Gasteiger partial charge in [0, 0.05) is 9.85 Å². The number of benzene rings is 1. The number of hydrogen-bond acceptors (Lipinski definition) is 0. The lowest BCUT2D eigenvalue weighted by atomic mass is 9.97. The van der Waals surface area contributed by atoms with Gasteiger partial charge in [-0.3, -0.25) is 0 Å². The molecule has 5 atom stereocenters. The quantitative estimate of drug-likeness (QED) is 0.691. The standard InChI is InChI=1S/C16H18BrCl/c17-13(7-9-2-1-3-12(18)6-9)16-14-10-4-5-11(8-10)15(14)16/h1-3,6,10-11,13-16H,4-5,7-8H2. The summed E-state index contributed by atoms with van der Waals surface area (Å²) in [6.07, 6.45) is 5.71. The minimum atomic E-state index is 0.661. The molecule has 3 saturated carbocycles. The second-order valence-corrected chi connectivity index (χ2v) is 8.03. The molecule has 3 fully saturated rings. The summed E-state index contributed by atoms with van der Waals surface area (Å²) in [5.74, 6) is 5.23. The largest absolute Gasteiger partial charge is 0.0884 e. The Hall–Kier alpha value is -0.0100. The first-order valence-corrected chi connectivity index (χ1v) is 8.42. The highest BCUT2D eigenvalue weighted by Gasteiger charge is 2.66. The molecule has 3 aliphatic carbocycles. The molecule has 4 rings (SSSR count). The van der Waals surface area contributed by atoms with Crippen LogP contribution in [0.15, 0.2) is 24.3 Å². The van der Waals surface area contributed by atoms with E-state index in [0.717, 1.165) is 41.0 Å². The molecule has 1 aromatic carbocycles. The number of alkyl halides is 1. The van der Waals surface area contributed by atoms with E-state index in [-0.39, 0.29) is 0 Å². The van der Waals surface area contributed by atoms with Crippen molar-refractivity contribution in [1.29, 1.82) is 0 Å². The molecule has 0 radical (unpaired) electrons. The summed E-state index contributed by atoms with van der Waals surface area (Å²) in [5.41, 5.74) is 1.38. The Kier molecular flexibility index (Phi) is 2.78. The van der Waals surface area contributed by atoms with Crippen LogP contribution in [0.1, 0.15) is 24.8 Å². The molecule has 0 aliphatic heterocycles. The van der Waals surface area contributed by atoms with Crippen LogP contribution in [0.5, 0.6) is 0 Å². The molecule has 0 heterocycles. The van der Waals surface area contributed by atoms with E-state index < -0.39 is 0 Å². The van der Waals surface area contributed by atoms with E-state index in [4.69, 9.17) is 11.6 Å². The summed E-state index contributed by atoms with van der Waals surface area (Å²) in [7, 11) is 0. The van der Waals surface area contributed by atoms with Gasteiger partial charge in [-0.2, -0.15) is 0 Å². The summed E-state index contributed by atoms with van der Waals surface area (Å²) in [6, 6.07) is 8.34. The summed E-state index contributed by atoms with van der Waals surface area (Å²) < 4.78 is 0. The van der Waals surface area contributed by atoms with Crippen LogP contribution < -0.4 is 0 Å². The third kappa shape index (κ3) is 1.78. The van der Waals surface area contributed by atoms with Gasteiger partial charge in [0.25, 0.3) is 0 Å². The highest BCUT2D eigenvalue weighted by molar-refractivity contribution is 9.09. The fourth-order valence-electron chi connectivity index (χ4n) is 4.90. The predicted molar refractivity (Wildman–Crippen MR) is 79.2 cm³/mol. The van der Waals surface area contributed by atoms with E-state index in [1.54, 1.807) is 6.42 Å². The van der Waals surface area contributed by atoms with Gasteiger partial charge in [0.2, 0.25) is 0 Å². The Morgan fingerprint density at radius 3 is 2.61 bits per heavy atom. The number of fused-ring (bicyclic) bond motifs is 5. The van der Waals surface area contributed by atoms with Gasteiger partial charge in [0.05, 0.1) is 0 Å². The molecule has 0 spiro atoms. The molecule has 0 N–H and O–H groups in total. The molecule has 2 bridgehead atoms. The Morgan fingerprint density at radius 2 is 1.94 bits per heavy atom. The maximum Gasteiger partial charge on any atom is 0.0408 e. The van der Waals surface area contributed by atoms with Crippen molar-refractivity contribution in [3.8, 4) is 0 Å². The maximum absolute atomic E-state index is 6.06. The number of halogens is 2. The van der Waals surface area contributed by atoms with Crippen LogP contribution in [0.3, 0.4) is 0 Å². The van der Waals surface area contributed by atoms with Gasteiger partial charge in [-0.15, -0.1) is 0 Å². The Morgan fingerprint density at radius 1 is 1.22 bits per heavy atom. The second-order valence-electron chi connectivity index (χ2n) is 6.42. The van der Waals surface area contributed by atoms with E-state index in [9.17, 15) is 0 Å². The number of rotatable bonds is 3. The van der Waals surface area contributed by atoms with Crippen molar-refractivity contribution < 1.29 is 0 Å². The Labute approximate surface area is 122 Å². The van der Waals surface area contributed by atoms with E-state index in [0.29, 0.717) is 4.83 Å². The molecule has 2 heteroatoms. The number of hydrogen-bond donors (Lipinski definition) is 0. The first-order chi connectivity index (χ1) is 8.74. The Balaban J connectivity index is 1.45. The van der Waals surface area contributed by atoms with Crippen molar-refractivity contribution in [2.75, 3.05) is 0 Å². The van der Waals surface area contributed by atoms with E-state index >= 15 is 0 Å². The van der Waals surface area contributed by atoms with Crippen LogP contribution in [0.2, 0.25) is 5.02 Å². The van der Waals surface area contributed by atoms with Crippen molar-refractivity contribution in [1.82, 2.24) is 0 Å². The Bertz CT molecular complexity index is 456. The molecule has 0 aromatic heterocycles. The third-order valence-electron chi connectivity index (χ3n) is 5.53. The van der Waals surface area contributed by atoms with Crippen molar-refractivity contribution in [3.05, 3.63) is 34.9 Å².